The van der Waals surface area contributed by atoms with E-state index in [1.807, 2.05) is 6.20 Å². The first-order chi connectivity index (χ1) is 7.34. The molecular weight excluding hydrogens is 186 g/mol. The van der Waals surface area contributed by atoms with Gasteiger partial charge in [0.2, 0.25) is 0 Å². The molecule has 2 aliphatic rings. The lowest BCUT2D eigenvalue weighted by Crippen LogP contribution is -2.39. The number of fused-ring (bicyclic) bond motifs is 3. The predicted molar refractivity (Wildman–Crippen MR) is 59.8 cm³/mol. The highest BCUT2D eigenvalue weighted by atomic mass is 16.1. The molecule has 3 rings (SSSR count). The van der Waals surface area contributed by atoms with Gasteiger partial charge < -0.3 is 4.90 Å². The molecule has 1 atom stereocenters. The highest BCUT2D eigenvalue weighted by molar-refractivity contribution is 5.92. The van der Waals surface area contributed by atoms with Gasteiger partial charge >= 0.3 is 0 Å². The van der Waals surface area contributed by atoms with Gasteiger partial charge in [0.25, 0.3) is 0 Å². The monoisotopic (exact) mass is 199 g/mol. The van der Waals surface area contributed by atoms with Crippen LogP contribution < -0.4 is 4.90 Å². The molecular formula is C13H13NO. The number of benzene rings is 1. The molecule has 2 nitrogen and oxygen atoms in total. The van der Waals surface area contributed by atoms with Crippen LogP contribution in [0.3, 0.4) is 0 Å². The Kier molecular flexibility index (Phi) is 1.88. The lowest BCUT2D eigenvalue weighted by Gasteiger charge is -2.38. The molecule has 1 aromatic carbocycles. The molecule has 76 valence electrons. The third-order valence-electron chi connectivity index (χ3n) is 3.27. The maximum absolute atomic E-state index is 11.3. The zero-order valence-electron chi connectivity index (χ0n) is 8.52. The number of ketones is 1. The molecule has 0 radical (unpaired) electrons. The second kappa shape index (κ2) is 3.23. The van der Waals surface area contributed by atoms with Crippen molar-refractivity contribution in [3.63, 3.8) is 0 Å². The van der Waals surface area contributed by atoms with Crippen molar-refractivity contribution in [2.75, 3.05) is 4.90 Å². The van der Waals surface area contributed by atoms with Gasteiger partial charge in [-0.3, -0.25) is 4.79 Å². The molecule has 2 heteroatoms. The van der Waals surface area contributed by atoms with Crippen LogP contribution in [0.5, 0.6) is 0 Å². The zero-order valence-corrected chi connectivity index (χ0v) is 8.52. The SMILES string of the molecule is O=C1C=CN2c3ccccc3CC[C@@H]2C1. The summed E-state index contributed by atoms with van der Waals surface area (Å²) >= 11 is 0. The average Bonchev–Trinajstić information content (AvgIpc) is 2.28. The van der Waals surface area contributed by atoms with E-state index in [0.717, 1.165) is 12.8 Å². The van der Waals surface area contributed by atoms with Crippen molar-refractivity contribution in [3.8, 4) is 0 Å². The Morgan fingerprint density at radius 2 is 2.13 bits per heavy atom. The number of carbonyl (C=O) groups is 1. The first-order valence-corrected chi connectivity index (χ1v) is 5.42. The van der Waals surface area contributed by atoms with Gasteiger partial charge in [0, 0.05) is 24.4 Å². The summed E-state index contributed by atoms with van der Waals surface area (Å²) in [6.45, 7) is 0. The number of anilines is 1. The molecule has 2 aliphatic heterocycles. The Hall–Kier alpha value is -1.57. The van der Waals surface area contributed by atoms with E-state index in [9.17, 15) is 4.79 Å². The van der Waals surface area contributed by atoms with Crippen LogP contribution in [-0.2, 0) is 11.2 Å². The fourth-order valence-electron chi connectivity index (χ4n) is 2.50. The summed E-state index contributed by atoms with van der Waals surface area (Å²) in [5.74, 6) is 0.260. The standard InChI is InChI=1S/C13H13NO/c15-12-7-8-14-11(9-12)6-5-10-3-1-2-4-13(10)14/h1-4,7-8,11H,5-6,9H2/t11-/m1/s1. The van der Waals surface area contributed by atoms with E-state index in [0.29, 0.717) is 12.5 Å². The number of aryl methyl sites for hydroxylation is 1. The molecule has 15 heavy (non-hydrogen) atoms. The van der Waals surface area contributed by atoms with Crippen molar-refractivity contribution in [1.29, 1.82) is 0 Å². The van der Waals surface area contributed by atoms with E-state index in [1.54, 1.807) is 6.08 Å². The van der Waals surface area contributed by atoms with Crippen LogP contribution in [0.1, 0.15) is 18.4 Å². The van der Waals surface area contributed by atoms with Crippen LogP contribution in [-0.4, -0.2) is 11.8 Å². The van der Waals surface area contributed by atoms with Gasteiger partial charge in [-0.25, -0.2) is 0 Å². The first kappa shape index (κ1) is 8.72. The third kappa shape index (κ3) is 1.37. The molecule has 0 saturated carbocycles. The van der Waals surface area contributed by atoms with Gasteiger partial charge in [0.15, 0.2) is 5.78 Å². The Morgan fingerprint density at radius 3 is 3.07 bits per heavy atom. The van der Waals surface area contributed by atoms with Gasteiger partial charge in [0.05, 0.1) is 0 Å². The average molecular weight is 199 g/mol. The molecule has 0 amide bonds. The Morgan fingerprint density at radius 1 is 1.27 bits per heavy atom. The van der Waals surface area contributed by atoms with Crippen LogP contribution in [0.2, 0.25) is 0 Å². The molecule has 0 unspecified atom stereocenters. The molecule has 0 N–H and O–H groups in total. The number of hydrogen-bond acceptors (Lipinski definition) is 2. The summed E-state index contributed by atoms with van der Waals surface area (Å²) in [5.41, 5.74) is 2.67. The molecule has 0 fully saturated rings. The van der Waals surface area contributed by atoms with Gasteiger partial charge in [0.1, 0.15) is 0 Å². The molecule has 1 aromatic rings. The maximum Gasteiger partial charge on any atom is 0.159 e. The molecule has 0 spiro atoms. The fourth-order valence-corrected chi connectivity index (χ4v) is 2.50. The number of rotatable bonds is 0. The lowest BCUT2D eigenvalue weighted by molar-refractivity contribution is -0.115. The van der Waals surface area contributed by atoms with Crippen LogP contribution >= 0.6 is 0 Å². The Balaban J connectivity index is 2.06. The number of para-hydroxylation sites is 1. The van der Waals surface area contributed by atoms with Gasteiger partial charge in [-0.05, 0) is 30.5 Å². The van der Waals surface area contributed by atoms with Crippen molar-refractivity contribution < 1.29 is 4.79 Å². The van der Waals surface area contributed by atoms with Crippen LogP contribution in [0.15, 0.2) is 36.5 Å². The molecule has 0 bridgehead atoms. The van der Waals surface area contributed by atoms with Crippen LogP contribution in [0.4, 0.5) is 5.69 Å². The molecule has 0 aliphatic carbocycles. The van der Waals surface area contributed by atoms with E-state index >= 15 is 0 Å². The number of nitrogens with zero attached hydrogens (tertiary/aromatic N) is 1. The Bertz CT molecular complexity index is 436. The lowest BCUT2D eigenvalue weighted by atomic mass is 9.91. The minimum atomic E-state index is 0.260. The fraction of sp³-hybridized carbons (Fsp3) is 0.308. The second-order valence-electron chi connectivity index (χ2n) is 4.21. The highest BCUT2D eigenvalue weighted by Gasteiger charge is 2.28. The second-order valence-corrected chi connectivity index (χ2v) is 4.21. The van der Waals surface area contributed by atoms with Crippen molar-refractivity contribution in [2.45, 2.75) is 25.3 Å². The summed E-state index contributed by atoms with van der Waals surface area (Å²) < 4.78 is 0. The number of hydrogen-bond donors (Lipinski definition) is 0. The minimum absolute atomic E-state index is 0.260. The molecule has 0 saturated heterocycles. The zero-order chi connectivity index (χ0) is 10.3. The summed E-state index contributed by atoms with van der Waals surface area (Å²) in [6, 6.07) is 8.85. The summed E-state index contributed by atoms with van der Waals surface area (Å²) in [6.07, 6.45) is 6.49. The van der Waals surface area contributed by atoms with Crippen LogP contribution in [0.25, 0.3) is 0 Å². The van der Waals surface area contributed by atoms with Gasteiger partial charge in [-0.1, -0.05) is 18.2 Å². The minimum Gasteiger partial charge on any atom is -0.344 e. The largest absolute Gasteiger partial charge is 0.344 e. The van der Waals surface area contributed by atoms with E-state index in [2.05, 4.69) is 29.2 Å². The summed E-state index contributed by atoms with van der Waals surface area (Å²) in [7, 11) is 0. The van der Waals surface area contributed by atoms with Gasteiger partial charge in [-0.15, -0.1) is 0 Å². The van der Waals surface area contributed by atoms with Crippen LogP contribution in [0, 0.1) is 0 Å². The summed E-state index contributed by atoms with van der Waals surface area (Å²) in [5, 5.41) is 0. The number of carbonyl (C=O) groups excluding carboxylic acids is 1. The number of allylic oxidation sites excluding steroid dienone is 1. The van der Waals surface area contributed by atoms with E-state index in [-0.39, 0.29) is 5.78 Å². The van der Waals surface area contributed by atoms with Crippen molar-refractivity contribution >= 4 is 11.5 Å². The topological polar surface area (TPSA) is 20.3 Å². The highest BCUT2D eigenvalue weighted by Crippen LogP contribution is 2.33. The third-order valence-corrected chi connectivity index (χ3v) is 3.27. The smallest absolute Gasteiger partial charge is 0.159 e. The van der Waals surface area contributed by atoms with Crippen molar-refractivity contribution in [3.05, 3.63) is 42.1 Å². The summed E-state index contributed by atoms with van der Waals surface area (Å²) in [4.78, 5) is 13.6. The van der Waals surface area contributed by atoms with E-state index in [1.165, 1.54) is 11.3 Å². The quantitative estimate of drug-likeness (QED) is 0.639. The van der Waals surface area contributed by atoms with Crippen molar-refractivity contribution in [1.82, 2.24) is 0 Å². The van der Waals surface area contributed by atoms with Crippen molar-refractivity contribution in [2.24, 2.45) is 0 Å². The molecule has 0 aromatic heterocycles. The Labute approximate surface area is 89.2 Å². The molecule has 2 heterocycles. The predicted octanol–water partition coefficient (Wildman–Crippen LogP) is 2.29. The maximum atomic E-state index is 11.3. The first-order valence-electron chi connectivity index (χ1n) is 5.42. The normalized spacial score (nSPS) is 23.6. The van der Waals surface area contributed by atoms with Gasteiger partial charge in [-0.2, -0.15) is 0 Å². The van der Waals surface area contributed by atoms with E-state index in [4.69, 9.17) is 0 Å². The van der Waals surface area contributed by atoms with E-state index < -0.39 is 0 Å².